The summed E-state index contributed by atoms with van der Waals surface area (Å²) in [6.45, 7) is 1.54. The number of hydrogen-bond acceptors (Lipinski definition) is 5. The van der Waals surface area contributed by atoms with Crippen molar-refractivity contribution < 1.29 is 23.0 Å². The van der Waals surface area contributed by atoms with E-state index >= 15 is 4.39 Å². The highest BCUT2D eigenvalue weighted by atomic mass is 35.5. The number of hydrogen-bond donors (Lipinski definition) is 0. The first kappa shape index (κ1) is 21.8. The molecular weight excluding hydrogens is 450 g/mol. The Balaban J connectivity index is 1.53. The molecule has 0 amide bonds. The van der Waals surface area contributed by atoms with Crippen LogP contribution in [0.15, 0.2) is 48.5 Å². The van der Waals surface area contributed by atoms with Gasteiger partial charge in [-0.2, -0.15) is 13.8 Å². The Hall–Kier alpha value is -3.03. The van der Waals surface area contributed by atoms with Gasteiger partial charge in [0.05, 0.1) is 13.2 Å². The van der Waals surface area contributed by atoms with Crippen LogP contribution in [0, 0.1) is 11.8 Å². The van der Waals surface area contributed by atoms with E-state index in [1.165, 1.54) is 0 Å². The number of carbonyl (C=O) groups is 1. The maximum Gasteiger partial charge on any atom is 0.237 e. The van der Waals surface area contributed by atoms with Gasteiger partial charge in [-0.05, 0) is 35.7 Å². The molecule has 1 saturated heterocycles. The van der Waals surface area contributed by atoms with Crippen molar-refractivity contribution in [2.75, 3.05) is 31.2 Å². The molecule has 0 unspecified atom stereocenters. The number of pyridine rings is 1. The fourth-order valence-corrected chi connectivity index (χ4v) is 4.58. The number of fused-ring (bicyclic) bond motifs is 1. The Morgan fingerprint density at radius 1 is 1.09 bits per heavy atom. The van der Waals surface area contributed by atoms with Crippen LogP contribution in [-0.2, 0) is 4.74 Å². The molecule has 0 bridgehead atoms. The molecule has 1 aliphatic heterocycles. The van der Waals surface area contributed by atoms with Crippen LogP contribution in [0.5, 0.6) is 11.5 Å². The Labute approximate surface area is 194 Å². The molecule has 0 radical (unpaired) electrons. The van der Waals surface area contributed by atoms with Crippen LogP contribution in [0.4, 0.5) is 14.6 Å². The lowest BCUT2D eigenvalue weighted by Gasteiger charge is -2.28. The number of morpholine rings is 1. The van der Waals surface area contributed by atoms with Gasteiger partial charge in [-0.1, -0.05) is 41.9 Å². The van der Waals surface area contributed by atoms with Crippen LogP contribution in [0.1, 0.15) is 40.2 Å². The van der Waals surface area contributed by atoms with Gasteiger partial charge in [-0.25, -0.2) is 0 Å². The Kier molecular flexibility index (Phi) is 6.00. The maximum absolute atomic E-state index is 15.4. The number of ketones is 1. The Morgan fingerprint density at radius 3 is 2.61 bits per heavy atom. The van der Waals surface area contributed by atoms with E-state index in [2.05, 4.69) is 4.98 Å². The topological polar surface area (TPSA) is 51.7 Å². The predicted molar refractivity (Wildman–Crippen MR) is 121 cm³/mol. The average Bonchev–Trinajstić information content (AvgIpc) is 2.85. The summed E-state index contributed by atoms with van der Waals surface area (Å²) in [5, 5.41) is -0.530. The number of carbonyl (C=O) groups excluding carboxylic acids is 1. The molecule has 5 nitrogen and oxygen atoms in total. The molecule has 170 valence electrons. The second-order valence-electron chi connectivity index (χ2n) is 8.06. The monoisotopic (exact) mass is 470 g/mol. The third-order valence-electron chi connectivity index (χ3n) is 6.07. The molecule has 33 heavy (non-hydrogen) atoms. The minimum atomic E-state index is -1.01. The number of aromatic nitrogens is 1. The van der Waals surface area contributed by atoms with Gasteiger partial charge in [0.15, 0.2) is 17.4 Å². The Morgan fingerprint density at radius 2 is 1.85 bits per heavy atom. The highest BCUT2D eigenvalue weighted by molar-refractivity contribution is 6.32. The lowest BCUT2D eigenvalue weighted by atomic mass is 9.78. The minimum absolute atomic E-state index is 0.000793. The van der Waals surface area contributed by atoms with Crippen LogP contribution in [0.2, 0.25) is 5.02 Å². The third kappa shape index (κ3) is 4.18. The van der Waals surface area contributed by atoms with Gasteiger partial charge in [0, 0.05) is 31.0 Å². The van der Waals surface area contributed by atoms with E-state index in [4.69, 9.17) is 21.1 Å². The average molecular weight is 471 g/mol. The highest BCUT2D eigenvalue weighted by Crippen LogP contribution is 2.41. The van der Waals surface area contributed by atoms with Crippen molar-refractivity contribution in [1.29, 1.82) is 0 Å². The second kappa shape index (κ2) is 9.08. The van der Waals surface area contributed by atoms with E-state index in [-0.39, 0.29) is 23.3 Å². The summed E-state index contributed by atoms with van der Waals surface area (Å²) in [5.74, 6) is -2.11. The van der Waals surface area contributed by atoms with Crippen molar-refractivity contribution in [3.63, 3.8) is 0 Å². The normalized spacial score (nSPS) is 18.2. The van der Waals surface area contributed by atoms with Crippen LogP contribution in [0.25, 0.3) is 0 Å². The molecule has 2 aromatic carbocycles. The van der Waals surface area contributed by atoms with Crippen LogP contribution >= 0.6 is 11.6 Å². The van der Waals surface area contributed by atoms with E-state index < -0.39 is 22.5 Å². The highest BCUT2D eigenvalue weighted by Gasteiger charge is 2.29. The summed E-state index contributed by atoms with van der Waals surface area (Å²) >= 11 is 6.05. The molecule has 8 heteroatoms. The molecule has 0 N–H and O–H groups in total. The second-order valence-corrected chi connectivity index (χ2v) is 8.44. The number of nitrogens with zero attached hydrogens (tertiary/aromatic N) is 2. The first-order valence-corrected chi connectivity index (χ1v) is 11.2. The van der Waals surface area contributed by atoms with Crippen molar-refractivity contribution in [1.82, 2.24) is 4.98 Å². The zero-order valence-corrected chi connectivity index (χ0v) is 18.4. The van der Waals surface area contributed by atoms with Gasteiger partial charge in [-0.3, -0.25) is 4.79 Å². The quantitative estimate of drug-likeness (QED) is 0.454. The fraction of sp³-hybridized carbons (Fsp3) is 0.280. The maximum atomic E-state index is 15.4. The summed E-state index contributed by atoms with van der Waals surface area (Å²) in [7, 11) is 0. The SMILES string of the molecule is O=C1CC[C@H](c2ccccc2)c2cc(Oc3c(F)c(N4CCOCC4)nc(F)c3Cl)ccc21. The Bertz CT molecular complexity index is 1200. The number of anilines is 1. The summed E-state index contributed by atoms with van der Waals surface area (Å²) in [6, 6.07) is 14.8. The molecule has 0 saturated carbocycles. The van der Waals surface area contributed by atoms with Gasteiger partial charge in [0.2, 0.25) is 11.8 Å². The third-order valence-corrected chi connectivity index (χ3v) is 6.40. The van der Waals surface area contributed by atoms with Gasteiger partial charge in [0.1, 0.15) is 10.8 Å². The van der Waals surface area contributed by atoms with Crippen LogP contribution < -0.4 is 9.64 Å². The first-order chi connectivity index (χ1) is 16.0. The molecule has 1 atom stereocenters. The summed E-state index contributed by atoms with van der Waals surface area (Å²) in [5.41, 5.74) is 2.50. The van der Waals surface area contributed by atoms with E-state index in [0.717, 1.165) is 11.1 Å². The van der Waals surface area contributed by atoms with Crippen molar-refractivity contribution in [2.45, 2.75) is 18.8 Å². The largest absolute Gasteiger partial charge is 0.452 e. The van der Waals surface area contributed by atoms with Gasteiger partial charge in [-0.15, -0.1) is 0 Å². The minimum Gasteiger partial charge on any atom is -0.452 e. The van der Waals surface area contributed by atoms with Crippen molar-refractivity contribution >= 4 is 23.2 Å². The summed E-state index contributed by atoms with van der Waals surface area (Å²) in [6.07, 6.45) is 1.12. The van der Waals surface area contributed by atoms with Gasteiger partial charge < -0.3 is 14.4 Å². The molecule has 1 aliphatic carbocycles. The van der Waals surface area contributed by atoms with Crippen molar-refractivity contribution in [2.24, 2.45) is 0 Å². The molecule has 0 spiro atoms. The lowest BCUT2D eigenvalue weighted by molar-refractivity contribution is 0.0969. The van der Waals surface area contributed by atoms with E-state index in [1.54, 1.807) is 23.1 Å². The smallest absolute Gasteiger partial charge is 0.237 e. The number of ether oxygens (including phenoxy) is 2. The molecule has 1 aromatic heterocycles. The fourth-order valence-electron chi connectivity index (χ4n) is 4.42. The van der Waals surface area contributed by atoms with E-state index in [9.17, 15) is 9.18 Å². The number of benzene rings is 2. The lowest BCUT2D eigenvalue weighted by Crippen LogP contribution is -2.37. The van der Waals surface area contributed by atoms with Crippen LogP contribution in [-0.4, -0.2) is 37.1 Å². The molecule has 1 fully saturated rings. The van der Waals surface area contributed by atoms with Crippen LogP contribution in [0.3, 0.4) is 0 Å². The zero-order chi connectivity index (χ0) is 22.9. The predicted octanol–water partition coefficient (Wildman–Crippen LogP) is 5.75. The van der Waals surface area contributed by atoms with Gasteiger partial charge >= 0.3 is 0 Å². The molecule has 3 aromatic rings. The van der Waals surface area contributed by atoms with Crippen molar-refractivity contribution in [3.05, 3.63) is 82.0 Å². The van der Waals surface area contributed by atoms with E-state index in [1.807, 2.05) is 30.3 Å². The molecule has 2 aliphatic rings. The van der Waals surface area contributed by atoms with E-state index in [0.29, 0.717) is 44.7 Å². The van der Waals surface area contributed by atoms with Crippen molar-refractivity contribution in [3.8, 4) is 11.5 Å². The number of halogens is 3. The number of Topliss-reactive ketones (excluding diaryl/α,β-unsaturated/α-hetero) is 1. The summed E-state index contributed by atoms with van der Waals surface area (Å²) in [4.78, 5) is 17.8. The number of rotatable bonds is 4. The molecular formula is C25H21ClF2N2O3. The molecule has 2 heterocycles. The summed E-state index contributed by atoms with van der Waals surface area (Å²) < 4.78 is 40.9. The molecule has 5 rings (SSSR count). The zero-order valence-electron chi connectivity index (χ0n) is 17.7. The standard InChI is InChI=1S/C25H21ClF2N2O3/c26-21-23(22(27)25(29-24(21)28)30-10-12-32-13-11-30)33-16-6-7-18-19(14-16)17(8-9-20(18)31)15-4-2-1-3-5-15/h1-7,14,17H,8-13H2/t17-/m1/s1. The first-order valence-electron chi connectivity index (χ1n) is 10.8. The van der Waals surface area contributed by atoms with Gasteiger partial charge in [0.25, 0.3) is 0 Å².